The van der Waals surface area contributed by atoms with Crippen LogP contribution in [-0.2, 0) is 12.5 Å². The molecule has 0 unspecified atom stereocenters. The van der Waals surface area contributed by atoms with E-state index in [0.717, 1.165) is 20.3 Å². The number of alkyl halides is 1. The van der Waals surface area contributed by atoms with Crippen LogP contribution < -0.4 is 4.74 Å². The third-order valence-corrected chi connectivity index (χ3v) is 5.64. The van der Waals surface area contributed by atoms with E-state index in [1.165, 1.54) is 15.6 Å². The second kappa shape index (κ2) is 6.69. The third kappa shape index (κ3) is 3.29. The summed E-state index contributed by atoms with van der Waals surface area (Å²) in [6, 6.07) is 12.3. The first-order valence-electron chi connectivity index (χ1n) is 6.31. The highest BCUT2D eigenvalue weighted by molar-refractivity contribution is 9.11. The molecule has 0 aliphatic carbocycles. The number of halogens is 3. The van der Waals surface area contributed by atoms with Gasteiger partial charge in [-0.05, 0) is 66.4 Å². The fourth-order valence-corrected chi connectivity index (χ4v) is 4.73. The molecule has 0 spiro atoms. The summed E-state index contributed by atoms with van der Waals surface area (Å²) in [4.78, 5) is 0. The second-order valence-electron chi connectivity index (χ2n) is 4.57. The van der Waals surface area contributed by atoms with Crippen molar-refractivity contribution in [3.05, 3.63) is 61.9 Å². The molecule has 0 N–H and O–H groups in total. The highest BCUT2D eigenvalue weighted by Crippen LogP contribution is 2.36. The van der Waals surface area contributed by atoms with Crippen molar-refractivity contribution < 1.29 is 4.74 Å². The topological polar surface area (TPSA) is 9.23 Å². The van der Waals surface area contributed by atoms with E-state index in [0.29, 0.717) is 12.5 Å². The van der Waals surface area contributed by atoms with Crippen molar-refractivity contribution in [1.29, 1.82) is 0 Å². The zero-order valence-corrected chi connectivity index (χ0v) is 15.7. The average molecular weight is 447 g/mol. The van der Waals surface area contributed by atoms with Gasteiger partial charge in [-0.3, -0.25) is 0 Å². The van der Waals surface area contributed by atoms with Gasteiger partial charge in [-0.25, -0.2) is 0 Å². The van der Waals surface area contributed by atoms with Crippen LogP contribution in [0.2, 0.25) is 0 Å². The van der Waals surface area contributed by atoms with Crippen molar-refractivity contribution in [2.75, 3.05) is 0 Å². The number of benzene rings is 2. The van der Waals surface area contributed by atoms with Gasteiger partial charge in [-0.15, -0.1) is 22.9 Å². The molecule has 3 rings (SSSR count). The van der Waals surface area contributed by atoms with E-state index in [9.17, 15) is 0 Å². The molecule has 0 aliphatic rings. The minimum atomic E-state index is 0.479. The zero-order chi connectivity index (χ0) is 14.8. The Morgan fingerprint density at radius 3 is 2.52 bits per heavy atom. The number of hydrogen-bond acceptors (Lipinski definition) is 2. The van der Waals surface area contributed by atoms with Gasteiger partial charge >= 0.3 is 0 Å². The van der Waals surface area contributed by atoms with Gasteiger partial charge in [0, 0.05) is 16.1 Å². The van der Waals surface area contributed by atoms with Gasteiger partial charge in [0.05, 0.1) is 8.95 Å². The molecule has 0 aliphatic heterocycles. The SMILES string of the molecule is ClCc1cc(Br)c(OCc2csc3ccccc23)c(Br)c1. The van der Waals surface area contributed by atoms with Crippen LogP contribution in [-0.4, -0.2) is 0 Å². The molecule has 0 amide bonds. The summed E-state index contributed by atoms with van der Waals surface area (Å²) in [6.45, 7) is 0.543. The number of fused-ring (bicyclic) bond motifs is 1. The number of hydrogen-bond donors (Lipinski definition) is 0. The van der Waals surface area contributed by atoms with Gasteiger partial charge in [0.1, 0.15) is 12.4 Å². The summed E-state index contributed by atoms with van der Waals surface area (Å²) in [5.41, 5.74) is 2.25. The molecule has 5 heteroatoms. The fourth-order valence-electron chi connectivity index (χ4n) is 2.12. The Bertz CT molecular complexity index is 762. The lowest BCUT2D eigenvalue weighted by atomic mass is 10.2. The highest BCUT2D eigenvalue weighted by Gasteiger charge is 2.10. The first-order valence-corrected chi connectivity index (χ1v) is 9.31. The summed E-state index contributed by atoms with van der Waals surface area (Å²) in [5, 5.41) is 3.41. The summed E-state index contributed by atoms with van der Waals surface area (Å²) in [6.07, 6.45) is 0. The predicted octanol–water partition coefficient (Wildman–Crippen LogP) is 6.74. The van der Waals surface area contributed by atoms with Crippen molar-refractivity contribution >= 4 is 64.9 Å². The third-order valence-electron chi connectivity index (χ3n) is 3.15. The van der Waals surface area contributed by atoms with E-state index in [2.05, 4.69) is 61.5 Å². The van der Waals surface area contributed by atoms with Crippen LogP contribution in [0.1, 0.15) is 11.1 Å². The lowest BCUT2D eigenvalue weighted by molar-refractivity contribution is 0.304. The molecule has 0 atom stereocenters. The predicted molar refractivity (Wildman–Crippen MR) is 97.6 cm³/mol. The molecule has 1 heterocycles. The molecule has 0 saturated carbocycles. The highest BCUT2D eigenvalue weighted by atomic mass is 79.9. The van der Waals surface area contributed by atoms with Gasteiger partial charge in [0.2, 0.25) is 0 Å². The van der Waals surface area contributed by atoms with Crippen LogP contribution >= 0.6 is 54.8 Å². The maximum absolute atomic E-state index is 5.99. The lowest BCUT2D eigenvalue weighted by Crippen LogP contribution is -1.97. The molecule has 21 heavy (non-hydrogen) atoms. The molecule has 0 bridgehead atoms. The first-order chi connectivity index (χ1) is 10.2. The van der Waals surface area contributed by atoms with Gasteiger partial charge in [-0.1, -0.05) is 18.2 Å². The standard InChI is InChI=1S/C16H11Br2ClOS/c17-13-5-10(7-19)6-14(18)16(13)20-8-11-9-21-15-4-2-1-3-12(11)15/h1-6,9H,7-8H2. The Kier molecular flexibility index (Phi) is 4.89. The normalized spacial score (nSPS) is 11.0. The largest absolute Gasteiger partial charge is 0.486 e. The Balaban J connectivity index is 1.85. The van der Waals surface area contributed by atoms with E-state index in [1.807, 2.05) is 12.1 Å². The smallest absolute Gasteiger partial charge is 0.148 e. The van der Waals surface area contributed by atoms with Gasteiger partial charge in [0.25, 0.3) is 0 Å². The van der Waals surface area contributed by atoms with Crippen molar-refractivity contribution in [3.8, 4) is 5.75 Å². The summed E-state index contributed by atoms with van der Waals surface area (Å²) < 4.78 is 9.09. The molecule has 1 aromatic heterocycles. The molecule has 0 radical (unpaired) electrons. The Morgan fingerprint density at radius 2 is 1.81 bits per heavy atom. The summed E-state index contributed by atoms with van der Waals surface area (Å²) >= 11 is 14.7. The van der Waals surface area contributed by atoms with E-state index in [-0.39, 0.29) is 0 Å². The molecule has 2 aromatic carbocycles. The monoisotopic (exact) mass is 444 g/mol. The molecular formula is C16H11Br2ClOS. The molecule has 0 fully saturated rings. The van der Waals surface area contributed by atoms with Gasteiger partial charge < -0.3 is 4.74 Å². The van der Waals surface area contributed by atoms with Crippen molar-refractivity contribution in [1.82, 2.24) is 0 Å². The van der Waals surface area contributed by atoms with E-state index in [1.54, 1.807) is 11.3 Å². The number of ether oxygens (including phenoxy) is 1. The van der Waals surface area contributed by atoms with Crippen LogP contribution in [0, 0.1) is 0 Å². The first kappa shape index (κ1) is 15.3. The van der Waals surface area contributed by atoms with Crippen molar-refractivity contribution in [3.63, 3.8) is 0 Å². The van der Waals surface area contributed by atoms with Crippen molar-refractivity contribution in [2.24, 2.45) is 0 Å². The Morgan fingerprint density at radius 1 is 1.10 bits per heavy atom. The van der Waals surface area contributed by atoms with Crippen LogP contribution in [0.15, 0.2) is 50.7 Å². The van der Waals surface area contributed by atoms with Crippen LogP contribution in [0.25, 0.3) is 10.1 Å². The minimum Gasteiger partial charge on any atom is -0.486 e. The van der Waals surface area contributed by atoms with Crippen LogP contribution in [0.5, 0.6) is 5.75 Å². The maximum atomic E-state index is 5.99. The number of rotatable bonds is 4. The molecule has 1 nitrogen and oxygen atoms in total. The van der Waals surface area contributed by atoms with Crippen LogP contribution in [0.4, 0.5) is 0 Å². The maximum Gasteiger partial charge on any atom is 0.148 e. The van der Waals surface area contributed by atoms with E-state index in [4.69, 9.17) is 16.3 Å². The Hall–Kier alpha value is -0.550. The van der Waals surface area contributed by atoms with Gasteiger partial charge in [-0.2, -0.15) is 0 Å². The van der Waals surface area contributed by atoms with Crippen molar-refractivity contribution in [2.45, 2.75) is 12.5 Å². The second-order valence-corrected chi connectivity index (χ2v) is 7.46. The van der Waals surface area contributed by atoms with E-state index < -0.39 is 0 Å². The molecule has 3 aromatic rings. The van der Waals surface area contributed by atoms with Gasteiger partial charge in [0.15, 0.2) is 0 Å². The van der Waals surface area contributed by atoms with Crippen LogP contribution in [0.3, 0.4) is 0 Å². The summed E-state index contributed by atoms with van der Waals surface area (Å²) in [5.74, 6) is 1.28. The number of thiophene rings is 1. The Labute approximate surface area is 149 Å². The summed E-state index contributed by atoms with van der Waals surface area (Å²) in [7, 11) is 0. The zero-order valence-electron chi connectivity index (χ0n) is 10.9. The molecule has 0 saturated heterocycles. The molecular weight excluding hydrogens is 436 g/mol. The lowest BCUT2D eigenvalue weighted by Gasteiger charge is -2.11. The average Bonchev–Trinajstić information content (AvgIpc) is 2.89. The minimum absolute atomic E-state index is 0.479. The fraction of sp³-hybridized carbons (Fsp3) is 0.125. The quantitative estimate of drug-likeness (QED) is 0.403. The molecule has 108 valence electrons. The van der Waals surface area contributed by atoms with E-state index >= 15 is 0 Å².